The van der Waals surface area contributed by atoms with Gasteiger partial charge in [-0.15, -0.1) is 0 Å². The zero-order valence-electron chi connectivity index (χ0n) is 34.3. The van der Waals surface area contributed by atoms with Gasteiger partial charge in [-0.2, -0.15) is 0 Å². The minimum Gasteiger partial charge on any atom is -0.455 e. The molecule has 0 aliphatic carbocycles. The van der Waals surface area contributed by atoms with Crippen LogP contribution in [0.25, 0.3) is 99.5 Å². The molecular formula is C60H39NO2. The summed E-state index contributed by atoms with van der Waals surface area (Å²) in [6.07, 6.45) is 0. The van der Waals surface area contributed by atoms with E-state index in [0.29, 0.717) is 0 Å². The topological polar surface area (TPSA) is 29.5 Å². The van der Waals surface area contributed by atoms with E-state index in [-0.39, 0.29) is 0 Å². The zero-order chi connectivity index (χ0) is 41.7. The number of furan rings is 2. The third-order valence-electron chi connectivity index (χ3n) is 12.3. The van der Waals surface area contributed by atoms with Crippen molar-refractivity contribution in [3.05, 3.63) is 237 Å². The summed E-state index contributed by atoms with van der Waals surface area (Å²) in [6.45, 7) is 0. The minimum atomic E-state index is 0.884. The fourth-order valence-electron chi connectivity index (χ4n) is 9.25. The molecule has 0 aliphatic rings. The maximum absolute atomic E-state index is 6.66. The highest BCUT2D eigenvalue weighted by molar-refractivity contribution is 6.11. The Morgan fingerprint density at radius 3 is 1.32 bits per heavy atom. The Kier molecular flexibility index (Phi) is 8.83. The van der Waals surface area contributed by atoms with Gasteiger partial charge < -0.3 is 13.7 Å². The van der Waals surface area contributed by atoms with Crippen LogP contribution in [0.2, 0.25) is 0 Å². The Balaban J connectivity index is 1.04. The van der Waals surface area contributed by atoms with Gasteiger partial charge in [0.15, 0.2) is 0 Å². The van der Waals surface area contributed by atoms with Crippen LogP contribution in [0, 0.1) is 0 Å². The summed E-state index contributed by atoms with van der Waals surface area (Å²) in [5, 5.41) is 4.47. The highest BCUT2D eigenvalue weighted by Crippen LogP contribution is 2.45. The van der Waals surface area contributed by atoms with Gasteiger partial charge in [0.1, 0.15) is 22.3 Å². The zero-order valence-corrected chi connectivity index (χ0v) is 34.3. The summed E-state index contributed by atoms with van der Waals surface area (Å²) in [4.78, 5) is 2.36. The second-order valence-electron chi connectivity index (χ2n) is 16.0. The lowest BCUT2D eigenvalue weighted by atomic mass is 9.91. The van der Waals surface area contributed by atoms with Gasteiger partial charge in [-0.05, 0) is 99.1 Å². The normalized spacial score (nSPS) is 11.5. The van der Waals surface area contributed by atoms with E-state index >= 15 is 0 Å². The van der Waals surface area contributed by atoms with Crippen molar-refractivity contribution < 1.29 is 8.83 Å². The van der Waals surface area contributed by atoms with Gasteiger partial charge >= 0.3 is 0 Å². The Bertz CT molecular complexity index is 3600. The van der Waals surface area contributed by atoms with Gasteiger partial charge in [-0.3, -0.25) is 0 Å². The van der Waals surface area contributed by atoms with Crippen LogP contribution in [0.1, 0.15) is 0 Å². The molecule has 2 aromatic heterocycles. The molecule has 0 bridgehead atoms. The molecule has 0 N–H and O–H groups in total. The lowest BCUT2D eigenvalue weighted by Crippen LogP contribution is -2.10. The SMILES string of the molecule is c1ccc(-c2ccc(N(c3ccc(-c4cccc5c4oc4ccccc45)cc3)c3ccc(-c4cccc5c4oc4ccccc45)c(-c4cccc(-c5ccccc5)c4)c3)cc2)cc1. The molecule has 3 nitrogen and oxygen atoms in total. The lowest BCUT2D eigenvalue weighted by molar-refractivity contribution is 0.669. The second kappa shape index (κ2) is 15.3. The van der Waals surface area contributed by atoms with Crippen molar-refractivity contribution >= 4 is 60.9 Å². The summed E-state index contributed by atoms with van der Waals surface area (Å²) in [5.74, 6) is 0. The van der Waals surface area contributed by atoms with E-state index in [1.165, 1.54) is 16.7 Å². The van der Waals surface area contributed by atoms with Crippen molar-refractivity contribution in [1.29, 1.82) is 0 Å². The summed E-state index contributed by atoms with van der Waals surface area (Å²) in [5.41, 5.74) is 17.9. The van der Waals surface area contributed by atoms with Crippen molar-refractivity contribution in [2.24, 2.45) is 0 Å². The molecule has 0 spiro atoms. The fraction of sp³-hybridized carbons (Fsp3) is 0. The molecule has 12 aromatic rings. The molecule has 296 valence electrons. The number of nitrogens with zero attached hydrogens (tertiary/aromatic N) is 1. The molecule has 2 heterocycles. The molecule has 0 aliphatic heterocycles. The average molecular weight is 806 g/mol. The van der Waals surface area contributed by atoms with Crippen molar-refractivity contribution in [2.75, 3.05) is 4.90 Å². The fourth-order valence-corrected chi connectivity index (χ4v) is 9.25. The smallest absolute Gasteiger partial charge is 0.143 e. The molecular weight excluding hydrogens is 767 g/mol. The number of rotatable bonds is 8. The molecule has 0 amide bonds. The summed E-state index contributed by atoms with van der Waals surface area (Å²) in [6, 6.07) is 84.1. The molecule has 0 fully saturated rings. The van der Waals surface area contributed by atoms with Crippen LogP contribution in [0.15, 0.2) is 245 Å². The van der Waals surface area contributed by atoms with Crippen molar-refractivity contribution in [3.63, 3.8) is 0 Å². The maximum atomic E-state index is 6.66. The van der Waals surface area contributed by atoms with Gasteiger partial charge in [-0.25, -0.2) is 0 Å². The van der Waals surface area contributed by atoms with Crippen LogP contribution in [-0.4, -0.2) is 0 Å². The third kappa shape index (κ3) is 6.46. The molecule has 12 rings (SSSR count). The Labute approximate surface area is 365 Å². The van der Waals surface area contributed by atoms with E-state index in [1.54, 1.807) is 0 Å². The molecule has 0 saturated carbocycles. The largest absolute Gasteiger partial charge is 0.455 e. The summed E-state index contributed by atoms with van der Waals surface area (Å²) >= 11 is 0. The van der Waals surface area contributed by atoms with Crippen LogP contribution >= 0.6 is 0 Å². The Morgan fingerprint density at radius 1 is 0.238 bits per heavy atom. The first-order valence-corrected chi connectivity index (χ1v) is 21.4. The van der Waals surface area contributed by atoms with E-state index in [4.69, 9.17) is 8.83 Å². The van der Waals surface area contributed by atoms with Gasteiger partial charge in [0.05, 0.1) is 0 Å². The monoisotopic (exact) mass is 805 g/mol. The van der Waals surface area contributed by atoms with E-state index in [0.717, 1.165) is 99.9 Å². The van der Waals surface area contributed by atoms with E-state index in [1.807, 2.05) is 18.2 Å². The predicted octanol–water partition coefficient (Wildman–Crippen LogP) is 17.3. The molecule has 63 heavy (non-hydrogen) atoms. The Morgan fingerprint density at radius 2 is 0.683 bits per heavy atom. The van der Waals surface area contributed by atoms with Crippen LogP contribution in [0.5, 0.6) is 0 Å². The highest BCUT2D eigenvalue weighted by atomic mass is 16.3. The number of anilines is 3. The number of benzene rings is 10. The highest BCUT2D eigenvalue weighted by Gasteiger charge is 2.21. The molecule has 0 radical (unpaired) electrons. The molecule has 0 atom stereocenters. The minimum absolute atomic E-state index is 0.884. The number of hydrogen-bond donors (Lipinski definition) is 0. The lowest BCUT2D eigenvalue weighted by Gasteiger charge is -2.27. The molecule has 0 saturated heterocycles. The van der Waals surface area contributed by atoms with E-state index in [2.05, 4.69) is 223 Å². The molecule has 10 aromatic carbocycles. The van der Waals surface area contributed by atoms with Crippen molar-refractivity contribution in [2.45, 2.75) is 0 Å². The third-order valence-corrected chi connectivity index (χ3v) is 12.3. The van der Waals surface area contributed by atoms with Gasteiger partial charge in [0.25, 0.3) is 0 Å². The van der Waals surface area contributed by atoms with Gasteiger partial charge in [0, 0.05) is 49.7 Å². The number of fused-ring (bicyclic) bond motifs is 6. The van der Waals surface area contributed by atoms with Crippen LogP contribution < -0.4 is 4.90 Å². The first-order chi connectivity index (χ1) is 31.2. The summed E-state index contributed by atoms with van der Waals surface area (Å²) in [7, 11) is 0. The van der Waals surface area contributed by atoms with Gasteiger partial charge in [-0.1, -0.05) is 182 Å². The number of hydrogen-bond acceptors (Lipinski definition) is 3. The predicted molar refractivity (Wildman–Crippen MR) is 263 cm³/mol. The first-order valence-electron chi connectivity index (χ1n) is 21.4. The van der Waals surface area contributed by atoms with E-state index < -0.39 is 0 Å². The molecule has 3 heteroatoms. The van der Waals surface area contributed by atoms with E-state index in [9.17, 15) is 0 Å². The van der Waals surface area contributed by atoms with Crippen LogP contribution in [-0.2, 0) is 0 Å². The van der Waals surface area contributed by atoms with Crippen LogP contribution in [0.3, 0.4) is 0 Å². The first kappa shape index (κ1) is 36.5. The molecule has 0 unspecified atom stereocenters. The quantitative estimate of drug-likeness (QED) is 0.153. The van der Waals surface area contributed by atoms with Gasteiger partial charge in [0.2, 0.25) is 0 Å². The number of para-hydroxylation sites is 4. The van der Waals surface area contributed by atoms with Crippen molar-refractivity contribution in [1.82, 2.24) is 0 Å². The van der Waals surface area contributed by atoms with Crippen molar-refractivity contribution in [3.8, 4) is 55.6 Å². The maximum Gasteiger partial charge on any atom is 0.143 e. The van der Waals surface area contributed by atoms with Crippen LogP contribution in [0.4, 0.5) is 17.1 Å². The standard InChI is InChI=1S/C60H39NO2/c1-3-14-40(15-4-1)42-28-32-46(33-29-42)61(47-34-30-43(31-35-47)49-22-12-24-54-51-20-7-9-26-57(51)62-59(49)54)48-36-37-50(53-23-13-25-55-52-21-8-10-27-58(52)63-60(53)55)56(39-48)45-19-11-18-44(38-45)41-16-5-2-6-17-41/h1-39H. The Hall–Kier alpha value is -8.40. The summed E-state index contributed by atoms with van der Waals surface area (Å²) < 4.78 is 13.1. The second-order valence-corrected chi connectivity index (χ2v) is 16.0. The average Bonchev–Trinajstić information content (AvgIpc) is 3.94.